The summed E-state index contributed by atoms with van der Waals surface area (Å²) in [4.78, 5) is 24.7. The van der Waals surface area contributed by atoms with Crippen molar-refractivity contribution in [1.82, 2.24) is 4.90 Å². The van der Waals surface area contributed by atoms with E-state index in [4.69, 9.17) is 0 Å². The molecule has 0 radical (unpaired) electrons. The van der Waals surface area contributed by atoms with Gasteiger partial charge in [0.05, 0.1) is 4.92 Å². The van der Waals surface area contributed by atoms with Crippen LogP contribution in [0, 0.1) is 22.0 Å². The van der Waals surface area contributed by atoms with Gasteiger partial charge in [0.15, 0.2) is 0 Å². The summed E-state index contributed by atoms with van der Waals surface area (Å²) < 4.78 is 0. The maximum Gasteiger partial charge on any atom is 0.305 e. The minimum Gasteiger partial charge on any atom is -0.383 e. The maximum absolute atomic E-state index is 12.4. The van der Waals surface area contributed by atoms with Crippen molar-refractivity contribution in [1.29, 1.82) is 0 Å². The van der Waals surface area contributed by atoms with Crippen LogP contribution < -0.4 is 5.32 Å². The monoisotopic (exact) mass is 277 g/mol. The molecule has 6 heteroatoms. The van der Waals surface area contributed by atoms with Crippen LogP contribution in [0.4, 0.5) is 11.4 Å². The second-order valence-corrected chi connectivity index (χ2v) is 5.37. The van der Waals surface area contributed by atoms with E-state index in [1.54, 1.807) is 31.1 Å². The Morgan fingerprint density at radius 1 is 1.55 bits per heavy atom. The fourth-order valence-electron chi connectivity index (χ4n) is 2.41. The number of nitro groups is 1. The Kier molecular flexibility index (Phi) is 3.92. The molecule has 1 saturated carbocycles. The third kappa shape index (κ3) is 2.74. The lowest BCUT2D eigenvalue weighted by molar-refractivity contribution is -0.384. The second kappa shape index (κ2) is 5.48. The Hall–Kier alpha value is -2.11. The summed E-state index contributed by atoms with van der Waals surface area (Å²) in [6.07, 6.45) is 1.12. The van der Waals surface area contributed by atoms with Crippen LogP contribution in [0.15, 0.2) is 18.2 Å². The van der Waals surface area contributed by atoms with Gasteiger partial charge in [0.25, 0.3) is 5.91 Å². The van der Waals surface area contributed by atoms with Crippen LogP contribution in [-0.2, 0) is 0 Å². The van der Waals surface area contributed by atoms with E-state index in [2.05, 4.69) is 12.2 Å². The van der Waals surface area contributed by atoms with Crippen molar-refractivity contribution in [2.24, 2.45) is 11.8 Å². The molecule has 0 aromatic heterocycles. The molecule has 0 aliphatic heterocycles. The van der Waals surface area contributed by atoms with Crippen LogP contribution in [0.25, 0.3) is 0 Å². The Labute approximate surface area is 117 Å². The number of anilines is 1. The average Bonchev–Trinajstić information content (AvgIpc) is 3.11. The van der Waals surface area contributed by atoms with E-state index in [9.17, 15) is 14.9 Å². The summed E-state index contributed by atoms with van der Waals surface area (Å²) >= 11 is 0. The highest BCUT2D eigenvalue weighted by Gasteiger charge is 2.35. The lowest BCUT2D eigenvalue weighted by Crippen LogP contribution is -2.29. The van der Waals surface area contributed by atoms with Crippen LogP contribution in [0.1, 0.15) is 23.7 Å². The molecule has 0 saturated heterocycles. The number of amides is 1. The fraction of sp³-hybridized carbons (Fsp3) is 0.500. The van der Waals surface area contributed by atoms with E-state index in [1.807, 2.05) is 0 Å². The van der Waals surface area contributed by atoms with Crippen molar-refractivity contribution in [2.45, 2.75) is 13.3 Å². The van der Waals surface area contributed by atoms with Crippen molar-refractivity contribution in [2.75, 3.05) is 26.0 Å². The van der Waals surface area contributed by atoms with Crippen molar-refractivity contribution < 1.29 is 9.72 Å². The number of nitro benzene ring substituents is 1. The molecule has 1 N–H and O–H groups in total. The minimum absolute atomic E-state index is 0.137. The van der Waals surface area contributed by atoms with Crippen LogP contribution >= 0.6 is 0 Å². The second-order valence-electron chi connectivity index (χ2n) is 5.37. The highest BCUT2D eigenvalue weighted by atomic mass is 16.6. The fourth-order valence-corrected chi connectivity index (χ4v) is 2.41. The molecule has 1 aromatic rings. The molecular formula is C14H19N3O3. The van der Waals surface area contributed by atoms with Gasteiger partial charge in [-0.3, -0.25) is 14.9 Å². The quantitative estimate of drug-likeness (QED) is 0.662. The first-order chi connectivity index (χ1) is 9.45. The van der Waals surface area contributed by atoms with Gasteiger partial charge in [-0.05, 0) is 30.4 Å². The van der Waals surface area contributed by atoms with Crippen LogP contribution in [0.2, 0.25) is 0 Å². The molecule has 2 rings (SSSR count). The zero-order chi connectivity index (χ0) is 14.9. The summed E-state index contributed by atoms with van der Waals surface area (Å²) in [7, 11) is 3.30. The van der Waals surface area contributed by atoms with Crippen LogP contribution in [0.3, 0.4) is 0 Å². The Bertz CT molecular complexity index is 544. The van der Waals surface area contributed by atoms with Crippen molar-refractivity contribution in [3.05, 3.63) is 33.9 Å². The standard InChI is InChI=1S/C14H19N3O3/c1-9-7-10(9)8-16(3)14(18)11-5-4-6-12(15-2)13(11)17(19)20/h4-6,9-10,15H,7-8H2,1-3H3. The number of hydrogen-bond acceptors (Lipinski definition) is 4. The molecule has 0 heterocycles. The predicted octanol–water partition coefficient (Wildman–Crippen LogP) is 2.36. The summed E-state index contributed by atoms with van der Waals surface area (Å²) in [6, 6.07) is 4.76. The van der Waals surface area contributed by atoms with Gasteiger partial charge in [-0.25, -0.2) is 0 Å². The first kappa shape index (κ1) is 14.3. The lowest BCUT2D eigenvalue weighted by atomic mass is 10.1. The molecule has 1 aliphatic rings. The van der Waals surface area contributed by atoms with Gasteiger partial charge in [0.1, 0.15) is 11.3 Å². The third-order valence-corrected chi connectivity index (χ3v) is 3.85. The van der Waals surface area contributed by atoms with Crippen LogP contribution in [0.5, 0.6) is 0 Å². The van der Waals surface area contributed by atoms with E-state index in [-0.39, 0.29) is 17.2 Å². The SMILES string of the molecule is CNc1cccc(C(=O)N(C)CC2CC2C)c1[N+](=O)[O-]. The molecule has 20 heavy (non-hydrogen) atoms. The third-order valence-electron chi connectivity index (χ3n) is 3.85. The van der Waals surface area contributed by atoms with Gasteiger partial charge in [-0.15, -0.1) is 0 Å². The minimum atomic E-state index is -0.507. The lowest BCUT2D eigenvalue weighted by Gasteiger charge is -2.17. The van der Waals surface area contributed by atoms with Crippen molar-refractivity contribution in [3.8, 4) is 0 Å². The number of para-hydroxylation sites is 1. The first-order valence-corrected chi connectivity index (χ1v) is 6.66. The Balaban J connectivity index is 2.26. The molecule has 1 aliphatic carbocycles. The van der Waals surface area contributed by atoms with E-state index in [0.29, 0.717) is 24.1 Å². The summed E-state index contributed by atoms with van der Waals surface area (Å²) in [5.41, 5.74) is 0.336. The molecule has 6 nitrogen and oxygen atoms in total. The Morgan fingerprint density at radius 2 is 2.20 bits per heavy atom. The molecule has 0 spiro atoms. The van der Waals surface area contributed by atoms with Gasteiger partial charge >= 0.3 is 5.69 Å². The van der Waals surface area contributed by atoms with Gasteiger partial charge in [0, 0.05) is 20.6 Å². The largest absolute Gasteiger partial charge is 0.383 e. The number of nitrogens with one attached hydrogen (secondary N) is 1. The molecule has 1 amide bonds. The number of carbonyl (C=O) groups is 1. The summed E-state index contributed by atoms with van der Waals surface area (Å²) in [5.74, 6) is 0.868. The zero-order valence-corrected chi connectivity index (χ0v) is 11.9. The maximum atomic E-state index is 12.4. The number of rotatable bonds is 5. The smallest absolute Gasteiger partial charge is 0.305 e. The molecule has 0 bridgehead atoms. The van der Waals surface area contributed by atoms with Gasteiger partial charge in [-0.2, -0.15) is 0 Å². The van der Waals surface area contributed by atoms with Gasteiger partial charge in [-0.1, -0.05) is 13.0 Å². The molecule has 1 fully saturated rings. The zero-order valence-electron chi connectivity index (χ0n) is 11.9. The molecule has 2 atom stereocenters. The van der Waals surface area contributed by atoms with E-state index < -0.39 is 4.92 Å². The van der Waals surface area contributed by atoms with Crippen molar-refractivity contribution in [3.63, 3.8) is 0 Å². The first-order valence-electron chi connectivity index (χ1n) is 6.66. The number of hydrogen-bond donors (Lipinski definition) is 1. The van der Waals surface area contributed by atoms with Gasteiger partial charge < -0.3 is 10.2 Å². The molecule has 108 valence electrons. The Morgan fingerprint density at radius 3 is 2.70 bits per heavy atom. The van der Waals surface area contributed by atoms with E-state index >= 15 is 0 Å². The number of carbonyl (C=O) groups excluding carboxylic acids is 1. The van der Waals surface area contributed by atoms with Crippen LogP contribution in [-0.4, -0.2) is 36.4 Å². The predicted molar refractivity (Wildman–Crippen MR) is 76.9 cm³/mol. The number of benzene rings is 1. The number of nitrogens with zero attached hydrogens (tertiary/aromatic N) is 2. The van der Waals surface area contributed by atoms with Gasteiger partial charge in [0.2, 0.25) is 0 Å². The summed E-state index contributed by atoms with van der Waals surface area (Å²) in [5, 5.41) is 14.0. The molecule has 2 unspecified atom stereocenters. The van der Waals surface area contributed by atoms with E-state index in [0.717, 1.165) is 6.42 Å². The molecule has 1 aromatic carbocycles. The van der Waals surface area contributed by atoms with E-state index in [1.165, 1.54) is 6.07 Å². The highest BCUT2D eigenvalue weighted by molar-refractivity contribution is 6.00. The highest BCUT2D eigenvalue weighted by Crippen LogP contribution is 2.38. The van der Waals surface area contributed by atoms with Crippen molar-refractivity contribution >= 4 is 17.3 Å². The normalized spacial score (nSPS) is 20.4. The summed E-state index contributed by atoms with van der Waals surface area (Å²) in [6.45, 7) is 2.80. The average molecular weight is 277 g/mol. The topological polar surface area (TPSA) is 75.5 Å². The molecular weight excluding hydrogens is 258 g/mol.